The van der Waals surface area contributed by atoms with Crippen molar-refractivity contribution in [1.82, 2.24) is 5.32 Å². The predicted molar refractivity (Wildman–Crippen MR) is 71.9 cm³/mol. The average molecular weight is 262 g/mol. The first-order valence-electron chi connectivity index (χ1n) is 6.47. The zero-order chi connectivity index (χ0) is 12.8. The highest BCUT2D eigenvalue weighted by atomic mass is 32.1. The van der Waals surface area contributed by atoms with Crippen LogP contribution in [-0.2, 0) is 11.3 Å². The number of carbonyl (C=O) groups is 1. The lowest BCUT2D eigenvalue weighted by molar-refractivity contribution is -0.129. The molecule has 0 unspecified atom stereocenters. The summed E-state index contributed by atoms with van der Waals surface area (Å²) in [5.41, 5.74) is 0.321. The first kappa shape index (κ1) is 13.1. The van der Waals surface area contributed by atoms with E-state index in [1.165, 1.54) is 0 Å². The van der Waals surface area contributed by atoms with Gasteiger partial charge in [-0.05, 0) is 35.2 Å². The summed E-state index contributed by atoms with van der Waals surface area (Å²) in [5.74, 6) is -0.0851. The summed E-state index contributed by atoms with van der Waals surface area (Å²) in [4.78, 5) is 12.3. The molecular weight excluding hydrogens is 244 g/mol. The number of rotatable bonds is 3. The maximum Gasteiger partial charge on any atom is 0.240 e. The van der Waals surface area contributed by atoms with Crippen molar-refractivity contribution in [2.75, 3.05) is 0 Å². The van der Waals surface area contributed by atoms with Gasteiger partial charge in [-0.1, -0.05) is 25.7 Å². The topological polar surface area (TPSA) is 52.9 Å². The molecule has 96 valence electrons. The van der Waals surface area contributed by atoms with E-state index < -0.39 is 5.41 Å². The minimum Gasteiger partial charge on any atom is -0.351 e. The van der Waals surface area contributed by atoms with Crippen molar-refractivity contribution in [3.63, 3.8) is 0 Å². The molecule has 1 saturated carbocycles. The smallest absolute Gasteiger partial charge is 0.240 e. The summed E-state index contributed by atoms with van der Waals surface area (Å²) in [6, 6.07) is 4.27. The molecule has 1 aromatic rings. The molecule has 0 spiro atoms. The van der Waals surface area contributed by atoms with Gasteiger partial charge in [-0.2, -0.15) is 16.6 Å². The van der Waals surface area contributed by atoms with Crippen LogP contribution in [0.15, 0.2) is 16.8 Å². The van der Waals surface area contributed by atoms with Crippen molar-refractivity contribution in [3.05, 3.63) is 22.4 Å². The van der Waals surface area contributed by atoms with Crippen LogP contribution in [-0.4, -0.2) is 5.91 Å². The van der Waals surface area contributed by atoms with Gasteiger partial charge in [0.25, 0.3) is 0 Å². The summed E-state index contributed by atoms with van der Waals surface area (Å²) >= 11 is 1.62. The molecule has 1 aliphatic rings. The molecule has 2 rings (SSSR count). The Labute approximate surface area is 112 Å². The fraction of sp³-hybridized carbons (Fsp3) is 0.571. The highest BCUT2D eigenvalue weighted by Crippen LogP contribution is 2.34. The van der Waals surface area contributed by atoms with E-state index in [-0.39, 0.29) is 5.91 Å². The van der Waals surface area contributed by atoms with Gasteiger partial charge in [0.2, 0.25) is 5.91 Å². The first-order chi connectivity index (χ1) is 8.77. The van der Waals surface area contributed by atoms with Gasteiger partial charge < -0.3 is 5.32 Å². The Balaban J connectivity index is 1.98. The van der Waals surface area contributed by atoms with Gasteiger partial charge in [-0.15, -0.1) is 0 Å². The molecule has 1 N–H and O–H groups in total. The SMILES string of the molecule is N#CC1(C(=O)NCc2ccsc2)CCCCCC1. The standard InChI is InChI=1S/C14H18N2OS/c15-11-14(6-3-1-2-4-7-14)13(17)16-9-12-5-8-18-10-12/h5,8,10H,1-4,6-7,9H2,(H,16,17). The number of nitriles is 1. The van der Waals surface area contributed by atoms with Gasteiger partial charge in [0.1, 0.15) is 5.41 Å². The van der Waals surface area contributed by atoms with Crippen LogP contribution in [0.25, 0.3) is 0 Å². The number of nitrogens with one attached hydrogen (secondary N) is 1. The van der Waals surface area contributed by atoms with Gasteiger partial charge >= 0.3 is 0 Å². The quantitative estimate of drug-likeness (QED) is 0.850. The minimum absolute atomic E-state index is 0.0851. The monoisotopic (exact) mass is 262 g/mol. The second kappa shape index (κ2) is 6.01. The van der Waals surface area contributed by atoms with E-state index >= 15 is 0 Å². The van der Waals surface area contributed by atoms with Crippen molar-refractivity contribution in [3.8, 4) is 6.07 Å². The van der Waals surface area contributed by atoms with Crippen molar-refractivity contribution in [1.29, 1.82) is 5.26 Å². The molecule has 0 atom stereocenters. The Hall–Kier alpha value is -1.34. The van der Waals surface area contributed by atoms with Gasteiger partial charge in [0.05, 0.1) is 6.07 Å². The normalized spacial score (nSPS) is 18.6. The van der Waals surface area contributed by atoms with E-state index in [0.29, 0.717) is 19.4 Å². The molecule has 1 aromatic heterocycles. The van der Waals surface area contributed by atoms with Crippen molar-refractivity contribution in [2.45, 2.75) is 45.1 Å². The third-order valence-corrected chi connectivity index (χ3v) is 4.37. The van der Waals surface area contributed by atoms with Crippen LogP contribution in [0.4, 0.5) is 0 Å². The Kier molecular flexibility index (Phi) is 4.38. The molecule has 0 aliphatic heterocycles. The third-order valence-electron chi connectivity index (χ3n) is 3.64. The van der Waals surface area contributed by atoms with Crippen LogP contribution < -0.4 is 5.32 Å². The second-order valence-electron chi connectivity index (χ2n) is 4.92. The molecule has 0 aromatic carbocycles. The molecule has 1 amide bonds. The summed E-state index contributed by atoms with van der Waals surface area (Å²) < 4.78 is 0. The molecule has 1 heterocycles. The average Bonchev–Trinajstić information content (AvgIpc) is 2.79. The van der Waals surface area contributed by atoms with Crippen molar-refractivity contribution >= 4 is 17.2 Å². The van der Waals surface area contributed by atoms with Gasteiger partial charge in [-0.3, -0.25) is 4.79 Å². The van der Waals surface area contributed by atoms with Crippen molar-refractivity contribution < 1.29 is 4.79 Å². The predicted octanol–water partition coefficient (Wildman–Crippen LogP) is 3.23. The van der Waals surface area contributed by atoms with Crippen LogP contribution in [0.2, 0.25) is 0 Å². The lowest BCUT2D eigenvalue weighted by Crippen LogP contribution is -2.39. The summed E-state index contributed by atoms with van der Waals surface area (Å²) in [5, 5.41) is 16.3. The fourth-order valence-electron chi connectivity index (χ4n) is 2.47. The van der Waals surface area contributed by atoms with Crippen LogP contribution in [0.3, 0.4) is 0 Å². The Morgan fingerprint density at radius 3 is 2.67 bits per heavy atom. The van der Waals surface area contributed by atoms with E-state index in [4.69, 9.17) is 0 Å². The Bertz CT molecular complexity index is 425. The molecule has 0 saturated heterocycles. The number of carbonyl (C=O) groups excluding carboxylic acids is 1. The molecule has 0 radical (unpaired) electrons. The zero-order valence-electron chi connectivity index (χ0n) is 10.4. The molecule has 18 heavy (non-hydrogen) atoms. The Morgan fingerprint density at radius 2 is 2.11 bits per heavy atom. The van der Waals surface area contributed by atoms with Gasteiger partial charge in [0.15, 0.2) is 0 Å². The number of nitrogens with zero attached hydrogens (tertiary/aromatic N) is 1. The first-order valence-corrected chi connectivity index (χ1v) is 7.42. The van der Waals surface area contributed by atoms with Crippen LogP contribution in [0.1, 0.15) is 44.1 Å². The summed E-state index contributed by atoms with van der Waals surface area (Å²) in [6.45, 7) is 0.533. The number of thiophene rings is 1. The largest absolute Gasteiger partial charge is 0.351 e. The van der Waals surface area contributed by atoms with E-state index in [9.17, 15) is 10.1 Å². The van der Waals surface area contributed by atoms with Crippen LogP contribution in [0.5, 0.6) is 0 Å². The molecule has 1 aliphatic carbocycles. The summed E-state index contributed by atoms with van der Waals surface area (Å²) in [6.07, 6.45) is 5.67. The molecule has 0 bridgehead atoms. The maximum absolute atomic E-state index is 12.3. The number of hydrogen-bond acceptors (Lipinski definition) is 3. The minimum atomic E-state index is -0.785. The van der Waals surface area contributed by atoms with E-state index in [2.05, 4.69) is 11.4 Å². The van der Waals surface area contributed by atoms with Gasteiger partial charge in [-0.25, -0.2) is 0 Å². The highest BCUT2D eigenvalue weighted by Gasteiger charge is 2.38. The molecule has 3 nitrogen and oxygen atoms in total. The molecular formula is C14H18N2OS. The lowest BCUT2D eigenvalue weighted by atomic mass is 9.81. The lowest BCUT2D eigenvalue weighted by Gasteiger charge is -2.23. The number of hydrogen-bond donors (Lipinski definition) is 1. The second-order valence-corrected chi connectivity index (χ2v) is 5.70. The van der Waals surface area contributed by atoms with Crippen molar-refractivity contribution in [2.24, 2.45) is 5.41 Å². The maximum atomic E-state index is 12.3. The summed E-state index contributed by atoms with van der Waals surface area (Å²) in [7, 11) is 0. The highest BCUT2D eigenvalue weighted by molar-refractivity contribution is 7.07. The fourth-order valence-corrected chi connectivity index (χ4v) is 3.14. The Morgan fingerprint density at radius 1 is 1.39 bits per heavy atom. The molecule has 4 heteroatoms. The van der Waals surface area contributed by atoms with Crippen LogP contribution >= 0.6 is 11.3 Å². The van der Waals surface area contributed by atoms with Crippen LogP contribution in [0, 0.1) is 16.7 Å². The van der Waals surface area contributed by atoms with E-state index in [1.807, 2.05) is 16.8 Å². The zero-order valence-corrected chi connectivity index (χ0v) is 11.3. The van der Waals surface area contributed by atoms with E-state index in [1.54, 1.807) is 11.3 Å². The number of amides is 1. The van der Waals surface area contributed by atoms with Gasteiger partial charge in [0, 0.05) is 6.54 Å². The molecule has 1 fully saturated rings. The third kappa shape index (κ3) is 2.91. The van der Waals surface area contributed by atoms with E-state index in [0.717, 1.165) is 31.2 Å².